The largest absolute Gasteiger partial charge is 0.506 e. The topological polar surface area (TPSA) is 160 Å². The van der Waals surface area contributed by atoms with Crippen molar-refractivity contribution in [1.82, 2.24) is 0 Å². The van der Waals surface area contributed by atoms with Crippen LogP contribution in [0, 0.1) is 11.8 Å². The number of ether oxygens (including phenoxy) is 3. The van der Waals surface area contributed by atoms with Crippen molar-refractivity contribution in [2.24, 2.45) is 11.8 Å². The third kappa shape index (κ3) is 4.38. The highest BCUT2D eigenvalue weighted by Gasteiger charge is 2.91. The molecule has 3 aliphatic carbocycles. The number of benzene rings is 1. The minimum absolute atomic E-state index is 0.0460. The summed E-state index contributed by atoms with van der Waals surface area (Å²) in [7, 11) is 0. The molecular weight excluding hydrogens is 616 g/mol. The Morgan fingerprint density at radius 1 is 1.00 bits per heavy atom. The molecule has 2 unspecified atom stereocenters. The highest BCUT2D eigenvalue weighted by atomic mass is 16.6. The Bertz CT molecular complexity index is 1750. The summed E-state index contributed by atoms with van der Waals surface area (Å²) >= 11 is 0. The Hall–Kier alpha value is -3.73. The van der Waals surface area contributed by atoms with Crippen molar-refractivity contribution in [2.45, 2.75) is 122 Å². The van der Waals surface area contributed by atoms with Crippen LogP contribution in [0.1, 0.15) is 103 Å². The lowest BCUT2D eigenvalue weighted by Crippen LogP contribution is -2.88. The van der Waals surface area contributed by atoms with Crippen LogP contribution >= 0.6 is 0 Å². The van der Waals surface area contributed by atoms with E-state index in [2.05, 4.69) is 6.08 Å². The zero-order chi connectivity index (χ0) is 35.4. The van der Waals surface area contributed by atoms with Crippen LogP contribution in [0.4, 0.5) is 0 Å². The van der Waals surface area contributed by atoms with Crippen LogP contribution in [0.15, 0.2) is 41.0 Å². The van der Waals surface area contributed by atoms with Gasteiger partial charge < -0.3 is 34.6 Å². The number of hydrogen-bond acceptors (Lipinski definition) is 9. The van der Waals surface area contributed by atoms with Crippen molar-refractivity contribution in [3.05, 3.63) is 57.7 Å². The van der Waals surface area contributed by atoms with Gasteiger partial charge in [-0.25, -0.2) is 4.79 Å². The minimum atomic E-state index is -2.71. The van der Waals surface area contributed by atoms with Gasteiger partial charge in [0.05, 0.1) is 17.1 Å². The van der Waals surface area contributed by atoms with Crippen LogP contribution in [0.3, 0.4) is 0 Å². The Labute approximate surface area is 280 Å². The maximum atomic E-state index is 14.9. The Kier molecular flexibility index (Phi) is 7.74. The molecule has 1 aromatic carbocycles. The number of rotatable bonds is 8. The molecule has 7 rings (SSSR count). The van der Waals surface area contributed by atoms with E-state index in [0.717, 1.165) is 12.0 Å². The second kappa shape index (κ2) is 10.9. The molecule has 0 amide bonds. The number of carboxylic acid groups (broad SMARTS) is 1. The molecule has 7 atom stereocenters. The first kappa shape index (κ1) is 34.1. The number of carbonyl (C=O) groups is 3. The van der Waals surface area contributed by atoms with E-state index >= 15 is 0 Å². The number of fused-ring (bicyclic) bond motifs is 2. The molecule has 3 saturated carbocycles. The molecule has 4 bridgehead atoms. The SMILES string of the molecule is CC(C)=CCC[C@]1(C)C=Cc2c(O)c3c(c(CC=C(C)C)c2O1)O[C@]12[C@H]4C[C@H](C(=O)[C@]1(C/C=C(/C)C(=O)O)OC4(C)C)C(O)C2(O)C3=O. The van der Waals surface area contributed by atoms with E-state index in [-0.39, 0.29) is 41.7 Å². The summed E-state index contributed by atoms with van der Waals surface area (Å²) in [5, 5.41) is 45.9. The molecule has 10 nitrogen and oxygen atoms in total. The Morgan fingerprint density at radius 2 is 1.67 bits per heavy atom. The van der Waals surface area contributed by atoms with Gasteiger partial charge >= 0.3 is 5.97 Å². The van der Waals surface area contributed by atoms with Crippen molar-refractivity contribution in [3.8, 4) is 17.2 Å². The van der Waals surface area contributed by atoms with Crippen LogP contribution in [0.25, 0.3) is 6.08 Å². The lowest BCUT2D eigenvalue weighted by Gasteiger charge is -2.65. The molecule has 1 aromatic rings. The lowest BCUT2D eigenvalue weighted by atomic mass is 9.43. The maximum Gasteiger partial charge on any atom is 0.330 e. The predicted molar refractivity (Wildman–Crippen MR) is 177 cm³/mol. The Balaban J connectivity index is 1.63. The summed E-state index contributed by atoms with van der Waals surface area (Å²) in [4.78, 5) is 41.2. The fraction of sp³-hybridized carbons (Fsp3) is 0.553. The van der Waals surface area contributed by atoms with Gasteiger partial charge in [-0.3, -0.25) is 9.59 Å². The summed E-state index contributed by atoms with van der Waals surface area (Å²) in [5.41, 5.74) is -6.32. The molecule has 4 N–H and O–H groups in total. The fourth-order valence-corrected chi connectivity index (χ4v) is 8.79. The molecule has 258 valence electrons. The molecule has 0 aromatic heterocycles. The third-order valence-electron chi connectivity index (χ3n) is 11.2. The zero-order valence-electron chi connectivity index (χ0n) is 28.9. The van der Waals surface area contributed by atoms with Crippen LogP contribution in [0.2, 0.25) is 0 Å². The number of aliphatic hydroxyl groups excluding tert-OH is 1. The number of aliphatic carboxylic acids is 1. The molecule has 1 saturated heterocycles. The zero-order valence-corrected chi connectivity index (χ0v) is 28.9. The van der Waals surface area contributed by atoms with Gasteiger partial charge in [0.25, 0.3) is 0 Å². The van der Waals surface area contributed by atoms with E-state index in [1.165, 1.54) is 18.6 Å². The highest BCUT2D eigenvalue weighted by molar-refractivity contribution is 6.14. The maximum absolute atomic E-state index is 14.9. The standard InChI is InChI=1S/C38H46O10/c1-19(2)10-9-15-35(8)16-14-22-27(39)26-29(23(28(22)46-35)12-11-20(3)4)47-38-25-18-24(31(41)37(38,45)32(26)42)30(40)36(38,48-34(25,6)7)17-13-21(5)33(43)44/h10-11,13-14,16,24-25,31,39,41,45H,9,12,15,17-18H2,1-8H3,(H,43,44)/b21-13-/t24-,25+,31?,35-,36+,37?,38-/m1/s1. The molecule has 0 radical (unpaired) electrons. The van der Waals surface area contributed by atoms with Gasteiger partial charge in [-0.1, -0.05) is 29.4 Å². The van der Waals surface area contributed by atoms with Gasteiger partial charge in [-0.2, -0.15) is 0 Å². The van der Waals surface area contributed by atoms with E-state index in [4.69, 9.17) is 14.2 Å². The van der Waals surface area contributed by atoms with Crippen LogP contribution < -0.4 is 9.47 Å². The van der Waals surface area contributed by atoms with Crippen molar-refractivity contribution in [2.75, 3.05) is 0 Å². The summed E-state index contributed by atoms with van der Waals surface area (Å²) in [6.07, 6.45) is 8.44. The quantitative estimate of drug-likeness (QED) is 0.210. The molecule has 48 heavy (non-hydrogen) atoms. The molecule has 6 aliphatic rings. The second-order valence-corrected chi connectivity index (χ2v) is 15.4. The number of allylic oxidation sites excluding steroid dienone is 4. The average molecular weight is 663 g/mol. The second-order valence-electron chi connectivity index (χ2n) is 15.4. The summed E-state index contributed by atoms with van der Waals surface area (Å²) in [5.74, 6) is -4.90. The number of carboxylic acids is 1. The summed E-state index contributed by atoms with van der Waals surface area (Å²) in [6.45, 7) is 14.7. The van der Waals surface area contributed by atoms with Crippen molar-refractivity contribution >= 4 is 23.6 Å². The monoisotopic (exact) mass is 662 g/mol. The first-order valence-electron chi connectivity index (χ1n) is 16.6. The van der Waals surface area contributed by atoms with Crippen LogP contribution in [0.5, 0.6) is 17.2 Å². The fourth-order valence-electron chi connectivity index (χ4n) is 8.79. The lowest BCUT2D eigenvalue weighted by molar-refractivity contribution is -0.275. The molecule has 3 heterocycles. The number of ketones is 2. The first-order chi connectivity index (χ1) is 22.3. The van der Waals surface area contributed by atoms with E-state index in [1.807, 2.05) is 46.8 Å². The molecule has 1 spiro atoms. The predicted octanol–water partition coefficient (Wildman–Crippen LogP) is 5.40. The van der Waals surface area contributed by atoms with Gasteiger partial charge in [0, 0.05) is 23.5 Å². The summed E-state index contributed by atoms with van der Waals surface area (Å²) in [6, 6.07) is 0. The smallest absolute Gasteiger partial charge is 0.330 e. The van der Waals surface area contributed by atoms with Gasteiger partial charge in [0.15, 0.2) is 22.6 Å². The van der Waals surface area contributed by atoms with Crippen molar-refractivity contribution in [3.63, 3.8) is 0 Å². The van der Waals surface area contributed by atoms with E-state index in [9.17, 15) is 34.8 Å². The summed E-state index contributed by atoms with van der Waals surface area (Å²) < 4.78 is 20.3. The molecule has 10 heteroatoms. The number of phenols is 1. The van der Waals surface area contributed by atoms with Crippen molar-refractivity contribution < 1.29 is 49.0 Å². The van der Waals surface area contributed by atoms with E-state index in [1.54, 1.807) is 19.9 Å². The average Bonchev–Trinajstić information content (AvgIpc) is 3.13. The van der Waals surface area contributed by atoms with Crippen LogP contribution in [-0.2, 0) is 20.7 Å². The Morgan fingerprint density at radius 3 is 2.29 bits per heavy atom. The third-order valence-corrected chi connectivity index (χ3v) is 11.2. The number of carbonyl (C=O) groups excluding carboxylic acids is 2. The van der Waals surface area contributed by atoms with E-state index < -0.39 is 69.2 Å². The molecule has 3 aliphatic heterocycles. The number of Topliss-reactive ketones (excluding diaryl/α,β-unsaturated/α-hetero) is 2. The van der Waals surface area contributed by atoms with Gasteiger partial charge in [-0.05, 0) is 93.2 Å². The highest BCUT2D eigenvalue weighted by Crippen LogP contribution is 2.71. The van der Waals surface area contributed by atoms with Crippen molar-refractivity contribution in [1.29, 1.82) is 0 Å². The molecule has 4 fully saturated rings. The van der Waals surface area contributed by atoms with Gasteiger partial charge in [-0.15, -0.1) is 0 Å². The van der Waals surface area contributed by atoms with Crippen LogP contribution in [-0.4, -0.2) is 72.1 Å². The van der Waals surface area contributed by atoms with Gasteiger partial charge in [0.2, 0.25) is 5.78 Å². The number of aliphatic hydroxyl groups is 2. The number of hydrogen-bond donors (Lipinski definition) is 4. The minimum Gasteiger partial charge on any atom is -0.506 e. The first-order valence-corrected chi connectivity index (χ1v) is 16.6. The molecular formula is C38H46O10. The van der Waals surface area contributed by atoms with Gasteiger partial charge in [0.1, 0.15) is 34.5 Å². The number of phenolic OH excluding ortho intramolecular Hbond substituents is 1. The normalized spacial score (nSPS) is 35.2. The number of aromatic hydroxyl groups is 1. The van der Waals surface area contributed by atoms with E-state index in [0.29, 0.717) is 17.7 Å².